The van der Waals surface area contributed by atoms with Crippen molar-refractivity contribution in [1.29, 1.82) is 0 Å². The van der Waals surface area contributed by atoms with Crippen molar-refractivity contribution in [1.82, 2.24) is 10.3 Å². The van der Waals surface area contributed by atoms with Crippen LogP contribution in [0.1, 0.15) is 31.4 Å². The highest BCUT2D eigenvalue weighted by Gasteiger charge is 2.41. The van der Waals surface area contributed by atoms with Gasteiger partial charge in [-0.1, -0.05) is 6.07 Å². The van der Waals surface area contributed by atoms with E-state index in [4.69, 9.17) is 5.73 Å². The lowest BCUT2D eigenvalue weighted by Crippen LogP contribution is -2.46. The van der Waals surface area contributed by atoms with E-state index in [2.05, 4.69) is 15.2 Å². The number of nitrogens with two attached hydrogens (primary N) is 1. The Balaban J connectivity index is 1.95. The molecule has 2 saturated heterocycles. The summed E-state index contributed by atoms with van der Waals surface area (Å²) in [6.45, 7) is 3.64. The highest BCUT2D eigenvalue weighted by molar-refractivity contribution is 5.83. The molecule has 102 valence electrons. The summed E-state index contributed by atoms with van der Waals surface area (Å²) in [6, 6.07) is 4.13. The number of hydrogen-bond acceptors (Lipinski definition) is 4. The maximum Gasteiger partial charge on any atom is 0.225 e. The van der Waals surface area contributed by atoms with Crippen LogP contribution < -0.4 is 16.0 Å². The van der Waals surface area contributed by atoms with E-state index in [0.29, 0.717) is 0 Å². The number of amides is 1. The number of fused-ring (bicyclic) bond motifs is 1. The van der Waals surface area contributed by atoms with Gasteiger partial charge in [-0.25, -0.2) is 4.98 Å². The normalized spacial score (nSPS) is 27.9. The van der Waals surface area contributed by atoms with Crippen LogP contribution in [0.25, 0.3) is 0 Å². The van der Waals surface area contributed by atoms with Crippen LogP contribution in [0.15, 0.2) is 18.3 Å². The summed E-state index contributed by atoms with van der Waals surface area (Å²) in [6.07, 6.45) is 3.81. The van der Waals surface area contributed by atoms with E-state index in [0.717, 1.165) is 37.3 Å². The Bertz CT molecular complexity index is 488. The third-order valence-corrected chi connectivity index (χ3v) is 4.18. The molecule has 3 heterocycles. The van der Waals surface area contributed by atoms with Gasteiger partial charge < -0.3 is 16.0 Å². The van der Waals surface area contributed by atoms with Gasteiger partial charge in [0.2, 0.25) is 5.91 Å². The summed E-state index contributed by atoms with van der Waals surface area (Å²) >= 11 is 0. The molecule has 1 aromatic rings. The fraction of sp³-hybridized carbons (Fsp3) is 0.571. The van der Waals surface area contributed by atoms with Gasteiger partial charge >= 0.3 is 0 Å². The minimum absolute atomic E-state index is 0.0471. The summed E-state index contributed by atoms with van der Waals surface area (Å²) in [7, 11) is 0. The number of piperidine rings is 1. The molecule has 2 aliphatic heterocycles. The smallest absolute Gasteiger partial charge is 0.225 e. The number of anilines is 1. The molecule has 0 aliphatic carbocycles. The molecule has 3 rings (SSSR count). The number of carbonyl (C=O) groups excluding carboxylic acids is 1. The first-order chi connectivity index (χ1) is 9.18. The second kappa shape index (κ2) is 4.81. The van der Waals surface area contributed by atoms with Crippen LogP contribution in [-0.4, -0.2) is 30.0 Å². The average molecular weight is 260 g/mol. The summed E-state index contributed by atoms with van der Waals surface area (Å²) in [5, 5.41) is 2.97. The summed E-state index contributed by atoms with van der Waals surface area (Å²) in [5.41, 5.74) is 7.09. The van der Waals surface area contributed by atoms with Crippen LogP contribution >= 0.6 is 0 Å². The lowest BCUT2D eigenvalue weighted by atomic mass is 9.91. The summed E-state index contributed by atoms with van der Waals surface area (Å²) < 4.78 is 0. The van der Waals surface area contributed by atoms with Gasteiger partial charge in [0, 0.05) is 30.9 Å². The van der Waals surface area contributed by atoms with E-state index in [1.807, 2.05) is 19.1 Å². The van der Waals surface area contributed by atoms with Crippen molar-refractivity contribution in [3.05, 3.63) is 23.9 Å². The number of rotatable bonds is 2. The zero-order chi connectivity index (χ0) is 13.4. The quantitative estimate of drug-likeness (QED) is 0.825. The number of carbonyl (C=O) groups is 1. The third-order valence-electron chi connectivity index (χ3n) is 4.18. The molecule has 0 radical (unpaired) electrons. The van der Waals surface area contributed by atoms with Crippen molar-refractivity contribution in [2.24, 2.45) is 11.7 Å². The van der Waals surface area contributed by atoms with Gasteiger partial charge in [0.05, 0.1) is 12.0 Å². The minimum atomic E-state index is -0.0471. The zero-order valence-corrected chi connectivity index (χ0v) is 11.2. The van der Waals surface area contributed by atoms with Crippen molar-refractivity contribution in [2.75, 3.05) is 18.0 Å². The Morgan fingerprint density at radius 3 is 3.21 bits per heavy atom. The van der Waals surface area contributed by atoms with Crippen LogP contribution in [0.3, 0.4) is 0 Å². The number of nitrogens with one attached hydrogen (secondary N) is 1. The fourth-order valence-electron chi connectivity index (χ4n) is 3.22. The molecular weight excluding hydrogens is 240 g/mol. The highest BCUT2D eigenvalue weighted by Crippen LogP contribution is 2.33. The number of aromatic nitrogens is 1. The monoisotopic (exact) mass is 260 g/mol. The molecule has 2 unspecified atom stereocenters. The standard InChI is InChI=1S/C14H20N4O/c1-9(15)10-4-2-6-16-13(10)18-7-3-5-11-12(18)8-17-14(11)19/h2,4,6,9,11-12H,3,5,7-8,15H2,1H3,(H,17,19)/t9-,11?,12?/m0/s1. The summed E-state index contributed by atoms with van der Waals surface area (Å²) in [4.78, 5) is 18.6. The molecule has 0 bridgehead atoms. The lowest BCUT2D eigenvalue weighted by molar-refractivity contribution is -0.122. The van der Waals surface area contributed by atoms with Crippen LogP contribution in [0.2, 0.25) is 0 Å². The van der Waals surface area contributed by atoms with Crippen LogP contribution in [0.5, 0.6) is 0 Å². The Labute approximate surface area is 113 Å². The van der Waals surface area contributed by atoms with E-state index in [9.17, 15) is 4.79 Å². The molecule has 5 nitrogen and oxygen atoms in total. The van der Waals surface area contributed by atoms with Crippen LogP contribution in [0, 0.1) is 5.92 Å². The SMILES string of the molecule is C[C@H](N)c1cccnc1N1CCCC2C(=O)NCC21. The molecule has 3 N–H and O–H groups in total. The largest absolute Gasteiger partial charge is 0.354 e. The number of pyridine rings is 1. The first-order valence-corrected chi connectivity index (χ1v) is 6.93. The van der Waals surface area contributed by atoms with Gasteiger partial charge in [0.1, 0.15) is 5.82 Å². The van der Waals surface area contributed by atoms with E-state index < -0.39 is 0 Å². The molecule has 1 amide bonds. The van der Waals surface area contributed by atoms with Gasteiger partial charge in [-0.05, 0) is 25.8 Å². The first-order valence-electron chi connectivity index (χ1n) is 6.93. The topological polar surface area (TPSA) is 71.2 Å². The molecule has 19 heavy (non-hydrogen) atoms. The van der Waals surface area contributed by atoms with E-state index in [1.54, 1.807) is 6.20 Å². The average Bonchev–Trinajstić information content (AvgIpc) is 2.81. The minimum Gasteiger partial charge on any atom is -0.354 e. The maximum absolute atomic E-state index is 11.8. The Morgan fingerprint density at radius 1 is 1.58 bits per heavy atom. The second-order valence-corrected chi connectivity index (χ2v) is 5.46. The van der Waals surface area contributed by atoms with Gasteiger partial charge in [0.15, 0.2) is 0 Å². The van der Waals surface area contributed by atoms with Crippen molar-refractivity contribution in [3.8, 4) is 0 Å². The number of nitrogens with zero attached hydrogens (tertiary/aromatic N) is 2. The summed E-state index contributed by atoms with van der Waals surface area (Å²) in [5.74, 6) is 1.24. The Hall–Kier alpha value is -1.62. The van der Waals surface area contributed by atoms with E-state index in [1.165, 1.54) is 0 Å². The molecule has 0 spiro atoms. The van der Waals surface area contributed by atoms with Crippen molar-refractivity contribution in [3.63, 3.8) is 0 Å². The molecule has 1 aromatic heterocycles. The molecular formula is C14H20N4O. The predicted octanol–water partition coefficient (Wildman–Crippen LogP) is 0.816. The predicted molar refractivity (Wildman–Crippen MR) is 73.7 cm³/mol. The fourth-order valence-corrected chi connectivity index (χ4v) is 3.22. The number of hydrogen-bond donors (Lipinski definition) is 2. The highest BCUT2D eigenvalue weighted by atomic mass is 16.2. The molecule has 3 atom stereocenters. The first kappa shape index (κ1) is 12.4. The van der Waals surface area contributed by atoms with Crippen LogP contribution in [-0.2, 0) is 4.79 Å². The Kier molecular flexibility index (Phi) is 3.14. The van der Waals surface area contributed by atoms with Gasteiger partial charge in [-0.2, -0.15) is 0 Å². The molecule has 0 aromatic carbocycles. The van der Waals surface area contributed by atoms with Crippen molar-refractivity contribution < 1.29 is 4.79 Å². The second-order valence-electron chi connectivity index (χ2n) is 5.46. The van der Waals surface area contributed by atoms with E-state index >= 15 is 0 Å². The zero-order valence-electron chi connectivity index (χ0n) is 11.2. The maximum atomic E-state index is 11.8. The molecule has 0 saturated carbocycles. The molecule has 5 heteroatoms. The Morgan fingerprint density at radius 2 is 2.42 bits per heavy atom. The van der Waals surface area contributed by atoms with Crippen LogP contribution in [0.4, 0.5) is 5.82 Å². The van der Waals surface area contributed by atoms with Gasteiger partial charge in [-0.3, -0.25) is 4.79 Å². The van der Waals surface area contributed by atoms with Gasteiger partial charge in [-0.15, -0.1) is 0 Å². The van der Waals surface area contributed by atoms with Crippen molar-refractivity contribution >= 4 is 11.7 Å². The molecule has 2 aliphatic rings. The van der Waals surface area contributed by atoms with Gasteiger partial charge in [0.25, 0.3) is 0 Å². The third kappa shape index (κ3) is 2.08. The van der Waals surface area contributed by atoms with Crippen molar-refractivity contribution in [2.45, 2.75) is 31.8 Å². The molecule has 2 fully saturated rings. The lowest BCUT2D eigenvalue weighted by Gasteiger charge is -2.38. The van der Waals surface area contributed by atoms with E-state index in [-0.39, 0.29) is 23.9 Å².